The van der Waals surface area contributed by atoms with Crippen LogP contribution in [0.4, 0.5) is 4.39 Å². The molecule has 1 amide bonds. The maximum absolute atomic E-state index is 13.2. The maximum atomic E-state index is 13.2. The average molecular weight is 356 g/mol. The first-order valence-electron chi connectivity index (χ1n) is 8.40. The fourth-order valence-electron chi connectivity index (χ4n) is 2.79. The second-order valence-electron chi connectivity index (χ2n) is 6.17. The number of nitrogens with one attached hydrogen (secondary N) is 1. The summed E-state index contributed by atoms with van der Waals surface area (Å²) in [4.78, 5) is 24.5. The van der Waals surface area contributed by atoms with Crippen LogP contribution in [-0.2, 0) is 6.54 Å². The van der Waals surface area contributed by atoms with Crippen molar-refractivity contribution in [3.63, 3.8) is 0 Å². The van der Waals surface area contributed by atoms with Gasteiger partial charge in [-0.05, 0) is 49.2 Å². The van der Waals surface area contributed by atoms with Crippen LogP contribution < -0.4 is 11.0 Å². The number of hydrogen-bond acceptors (Lipinski definition) is 4. The lowest BCUT2D eigenvalue weighted by Crippen LogP contribution is -2.32. The van der Waals surface area contributed by atoms with Gasteiger partial charge in [-0.1, -0.05) is 0 Å². The van der Waals surface area contributed by atoms with Gasteiger partial charge in [0.2, 0.25) is 0 Å². The van der Waals surface area contributed by atoms with Gasteiger partial charge in [-0.2, -0.15) is 0 Å². The zero-order valence-corrected chi connectivity index (χ0v) is 13.9. The fraction of sp³-hybridized carbons (Fsp3) is 0.278. The van der Waals surface area contributed by atoms with E-state index in [1.54, 1.807) is 28.8 Å². The monoisotopic (exact) mass is 356 g/mol. The minimum absolute atomic E-state index is 0.133. The van der Waals surface area contributed by atoms with Crippen molar-refractivity contribution in [3.05, 3.63) is 64.7 Å². The molecule has 0 unspecified atom stereocenters. The normalized spacial score (nSPS) is 13.7. The molecule has 7 nitrogen and oxygen atoms in total. The maximum Gasteiger partial charge on any atom is 0.346 e. The lowest BCUT2D eigenvalue weighted by Gasteiger charge is -2.03. The van der Waals surface area contributed by atoms with Gasteiger partial charge in [-0.15, -0.1) is 5.10 Å². The summed E-state index contributed by atoms with van der Waals surface area (Å²) in [6, 6.07) is 9.24. The third-order valence-electron chi connectivity index (χ3n) is 4.24. The summed E-state index contributed by atoms with van der Waals surface area (Å²) in [7, 11) is 0. The van der Waals surface area contributed by atoms with Crippen LogP contribution in [0, 0.1) is 5.82 Å². The molecule has 26 heavy (non-hydrogen) atoms. The Hall–Kier alpha value is -3.16. The molecule has 0 saturated heterocycles. The first kappa shape index (κ1) is 16.3. The molecular weight excluding hydrogens is 339 g/mol. The molecule has 1 N–H and O–H groups in total. The number of furan rings is 1. The Balaban J connectivity index is 1.53. The second-order valence-corrected chi connectivity index (χ2v) is 6.17. The average Bonchev–Trinajstić information content (AvgIpc) is 3.20. The molecule has 3 aromatic rings. The summed E-state index contributed by atoms with van der Waals surface area (Å²) in [6.45, 7) is 0.475. The topological polar surface area (TPSA) is 82.1 Å². The largest absolute Gasteiger partial charge is 0.459 e. The minimum atomic E-state index is -0.344. The summed E-state index contributed by atoms with van der Waals surface area (Å²) in [5.41, 5.74) is 0.466. The number of halogens is 1. The molecule has 0 spiro atoms. The van der Waals surface area contributed by atoms with Crippen LogP contribution in [-0.4, -0.2) is 26.8 Å². The fourth-order valence-corrected chi connectivity index (χ4v) is 2.79. The Morgan fingerprint density at radius 1 is 1.27 bits per heavy atom. The van der Waals surface area contributed by atoms with Crippen molar-refractivity contribution in [3.8, 4) is 11.4 Å². The smallest absolute Gasteiger partial charge is 0.346 e. The molecule has 1 aliphatic rings. The van der Waals surface area contributed by atoms with Crippen LogP contribution in [0.25, 0.3) is 11.4 Å². The van der Waals surface area contributed by atoms with E-state index in [9.17, 15) is 14.0 Å². The summed E-state index contributed by atoms with van der Waals surface area (Å²) in [6.07, 6.45) is 3.27. The highest BCUT2D eigenvalue weighted by molar-refractivity contribution is 5.91. The van der Waals surface area contributed by atoms with Crippen molar-refractivity contribution in [2.45, 2.75) is 25.4 Å². The van der Waals surface area contributed by atoms with Gasteiger partial charge < -0.3 is 9.73 Å². The Kier molecular flexibility index (Phi) is 4.16. The van der Waals surface area contributed by atoms with Gasteiger partial charge in [-0.3, -0.25) is 9.36 Å². The molecule has 1 saturated carbocycles. The van der Waals surface area contributed by atoms with Gasteiger partial charge in [0.05, 0.1) is 12.8 Å². The number of rotatable bonds is 6. The van der Waals surface area contributed by atoms with Crippen molar-refractivity contribution in [1.82, 2.24) is 19.7 Å². The van der Waals surface area contributed by atoms with E-state index in [0.717, 1.165) is 12.8 Å². The van der Waals surface area contributed by atoms with Crippen LogP contribution >= 0.6 is 0 Å². The number of aromatic nitrogens is 3. The minimum Gasteiger partial charge on any atom is -0.459 e. The van der Waals surface area contributed by atoms with E-state index in [1.165, 1.54) is 23.1 Å². The van der Waals surface area contributed by atoms with Crippen LogP contribution in [0.1, 0.15) is 29.4 Å². The van der Waals surface area contributed by atoms with Gasteiger partial charge in [-0.25, -0.2) is 13.9 Å². The summed E-state index contributed by atoms with van der Waals surface area (Å²) in [5.74, 6) is 0.0558. The van der Waals surface area contributed by atoms with Crippen molar-refractivity contribution in [1.29, 1.82) is 0 Å². The zero-order valence-electron chi connectivity index (χ0n) is 13.9. The van der Waals surface area contributed by atoms with E-state index >= 15 is 0 Å². The number of nitrogens with zero attached hydrogens (tertiary/aromatic N) is 3. The Bertz CT molecular complexity index is 969. The molecule has 1 fully saturated rings. The Morgan fingerprint density at radius 2 is 2.04 bits per heavy atom. The van der Waals surface area contributed by atoms with Crippen molar-refractivity contribution >= 4 is 5.91 Å². The predicted molar refractivity (Wildman–Crippen MR) is 91.2 cm³/mol. The predicted octanol–water partition coefficient (Wildman–Crippen LogP) is 2.21. The Labute approximate surface area is 148 Å². The Morgan fingerprint density at radius 3 is 2.69 bits per heavy atom. The summed E-state index contributed by atoms with van der Waals surface area (Å²) in [5, 5.41) is 7.09. The molecular formula is C18H17FN4O3. The van der Waals surface area contributed by atoms with Crippen LogP contribution in [0.3, 0.4) is 0 Å². The van der Waals surface area contributed by atoms with Gasteiger partial charge in [0, 0.05) is 18.2 Å². The van der Waals surface area contributed by atoms with E-state index < -0.39 is 0 Å². The van der Waals surface area contributed by atoms with Crippen molar-refractivity contribution < 1.29 is 13.6 Å². The van der Waals surface area contributed by atoms with Gasteiger partial charge in [0.1, 0.15) is 5.82 Å². The van der Waals surface area contributed by atoms with E-state index in [1.807, 2.05) is 0 Å². The van der Waals surface area contributed by atoms with Crippen molar-refractivity contribution in [2.75, 3.05) is 6.54 Å². The highest BCUT2D eigenvalue weighted by Gasteiger charge is 2.30. The van der Waals surface area contributed by atoms with Gasteiger partial charge in [0.15, 0.2) is 11.6 Å². The number of amides is 1. The number of hydrogen-bond donors (Lipinski definition) is 1. The van der Waals surface area contributed by atoms with Gasteiger partial charge in [0.25, 0.3) is 5.91 Å². The highest BCUT2D eigenvalue weighted by atomic mass is 19.1. The van der Waals surface area contributed by atoms with E-state index in [-0.39, 0.29) is 42.3 Å². The van der Waals surface area contributed by atoms with E-state index in [0.29, 0.717) is 11.4 Å². The lowest BCUT2D eigenvalue weighted by molar-refractivity contribution is 0.0924. The van der Waals surface area contributed by atoms with Crippen molar-refractivity contribution in [2.24, 2.45) is 0 Å². The molecule has 4 rings (SSSR count). The molecule has 2 heterocycles. The third-order valence-corrected chi connectivity index (χ3v) is 4.24. The molecule has 0 atom stereocenters. The molecule has 1 aromatic carbocycles. The van der Waals surface area contributed by atoms with Crippen LogP contribution in [0.2, 0.25) is 0 Å². The number of benzene rings is 1. The first-order chi connectivity index (χ1) is 12.6. The molecule has 0 bridgehead atoms. The number of carbonyl (C=O) groups is 1. The van der Waals surface area contributed by atoms with Gasteiger partial charge >= 0.3 is 5.69 Å². The first-order valence-corrected chi connectivity index (χ1v) is 8.40. The molecule has 8 heteroatoms. The van der Waals surface area contributed by atoms with E-state index in [2.05, 4.69) is 10.4 Å². The van der Waals surface area contributed by atoms with E-state index in [4.69, 9.17) is 4.42 Å². The molecule has 0 aliphatic heterocycles. The zero-order chi connectivity index (χ0) is 18.1. The standard InChI is InChI=1S/C18H17FN4O3/c19-13-5-3-12(4-6-13)16-21-22(18(25)23(16)14-7-8-14)10-9-20-17(24)15-2-1-11-26-15/h1-6,11,14H,7-10H2,(H,20,24). The number of carbonyl (C=O) groups excluding carboxylic acids is 1. The molecule has 2 aromatic heterocycles. The third kappa shape index (κ3) is 3.17. The van der Waals surface area contributed by atoms with Crippen LogP contribution in [0.5, 0.6) is 0 Å². The SMILES string of the molecule is O=C(NCCn1nc(-c2ccc(F)cc2)n(C2CC2)c1=O)c1ccco1. The molecule has 0 radical (unpaired) electrons. The molecule has 1 aliphatic carbocycles. The van der Waals surface area contributed by atoms with Crippen LogP contribution in [0.15, 0.2) is 51.9 Å². The molecule has 134 valence electrons. The quantitative estimate of drug-likeness (QED) is 0.734. The summed E-state index contributed by atoms with van der Waals surface area (Å²) < 4.78 is 21.2. The summed E-state index contributed by atoms with van der Waals surface area (Å²) >= 11 is 0. The lowest BCUT2D eigenvalue weighted by atomic mass is 10.2. The second kappa shape index (κ2) is 6.62. The highest BCUT2D eigenvalue weighted by Crippen LogP contribution is 2.36.